The summed E-state index contributed by atoms with van der Waals surface area (Å²) in [6.45, 7) is 11.5. The minimum Gasteiger partial charge on any atom is -0.444 e. The molecule has 30 heavy (non-hydrogen) atoms. The Balaban J connectivity index is 2.35. The summed E-state index contributed by atoms with van der Waals surface area (Å²) < 4.78 is 50.9. The van der Waals surface area contributed by atoms with Crippen molar-refractivity contribution in [1.82, 2.24) is 10.2 Å². The van der Waals surface area contributed by atoms with E-state index in [0.717, 1.165) is 6.07 Å². The van der Waals surface area contributed by atoms with E-state index in [9.17, 15) is 22.8 Å². The maximum Gasteiger partial charge on any atom is 0.416 e. The number of amides is 2. The van der Waals surface area contributed by atoms with E-state index in [0.29, 0.717) is 0 Å². The van der Waals surface area contributed by atoms with Gasteiger partial charge >= 0.3 is 18.4 Å². The molecule has 168 valence electrons. The van der Waals surface area contributed by atoms with Gasteiger partial charge in [-0.25, -0.2) is 9.59 Å². The van der Waals surface area contributed by atoms with Crippen molar-refractivity contribution in [1.29, 1.82) is 0 Å². The molecule has 0 atom stereocenters. The molecule has 9 heteroatoms. The monoisotopic (exact) mass is 430 g/mol. The van der Waals surface area contributed by atoms with Crippen LogP contribution in [0, 0.1) is 6.92 Å². The molecule has 1 aliphatic rings. The van der Waals surface area contributed by atoms with Crippen molar-refractivity contribution in [2.45, 2.75) is 71.4 Å². The number of benzene rings is 1. The zero-order valence-corrected chi connectivity index (χ0v) is 18.4. The van der Waals surface area contributed by atoms with Crippen LogP contribution in [-0.2, 0) is 21.2 Å². The molecule has 2 amide bonds. The molecule has 1 N–H and O–H groups in total. The van der Waals surface area contributed by atoms with E-state index in [1.807, 2.05) is 0 Å². The Kier molecular flexibility index (Phi) is 6.09. The average molecular weight is 430 g/mol. The fourth-order valence-corrected chi connectivity index (χ4v) is 3.12. The van der Waals surface area contributed by atoms with Crippen molar-refractivity contribution in [2.75, 3.05) is 13.1 Å². The van der Waals surface area contributed by atoms with E-state index in [-0.39, 0.29) is 24.2 Å². The molecule has 1 aromatic rings. The van der Waals surface area contributed by atoms with Gasteiger partial charge < -0.3 is 19.7 Å². The third-order valence-corrected chi connectivity index (χ3v) is 4.41. The number of nitrogens with zero attached hydrogens (tertiary/aromatic N) is 1. The van der Waals surface area contributed by atoms with Crippen molar-refractivity contribution in [3.05, 3.63) is 34.9 Å². The zero-order chi connectivity index (χ0) is 23.1. The summed E-state index contributed by atoms with van der Waals surface area (Å²) in [6.07, 6.45) is -5.92. The molecule has 0 bridgehead atoms. The Hall–Kier alpha value is -2.45. The number of aryl methyl sites for hydroxylation is 1. The maximum absolute atomic E-state index is 13.4. The molecule has 0 aliphatic carbocycles. The molecule has 1 saturated heterocycles. The largest absolute Gasteiger partial charge is 0.444 e. The van der Waals surface area contributed by atoms with Crippen LogP contribution in [0.5, 0.6) is 0 Å². The van der Waals surface area contributed by atoms with E-state index in [1.54, 1.807) is 41.5 Å². The Bertz CT molecular complexity index is 817. The molecule has 0 aromatic heterocycles. The topological polar surface area (TPSA) is 67.9 Å². The van der Waals surface area contributed by atoms with E-state index >= 15 is 0 Å². The lowest BCUT2D eigenvalue weighted by Crippen LogP contribution is -2.69. The average Bonchev–Trinajstić information content (AvgIpc) is 2.46. The first-order valence-electron chi connectivity index (χ1n) is 9.59. The van der Waals surface area contributed by atoms with Crippen LogP contribution in [0.3, 0.4) is 0 Å². The Morgan fingerprint density at radius 1 is 1.00 bits per heavy atom. The van der Waals surface area contributed by atoms with Gasteiger partial charge in [0.1, 0.15) is 16.7 Å². The summed E-state index contributed by atoms with van der Waals surface area (Å²) in [6, 6.07) is 3.89. The lowest BCUT2D eigenvalue weighted by atomic mass is 9.81. The lowest BCUT2D eigenvalue weighted by molar-refractivity contribution is -0.138. The fourth-order valence-electron chi connectivity index (χ4n) is 3.12. The van der Waals surface area contributed by atoms with Gasteiger partial charge in [0.15, 0.2) is 0 Å². The number of ether oxygens (including phenoxy) is 2. The number of alkyl carbamates (subject to hydrolysis) is 1. The summed E-state index contributed by atoms with van der Waals surface area (Å²) in [5, 5.41) is 2.67. The van der Waals surface area contributed by atoms with Gasteiger partial charge in [0.25, 0.3) is 0 Å². The zero-order valence-electron chi connectivity index (χ0n) is 18.4. The summed E-state index contributed by atoms with van der Waals surface area (Å²) >= 11 is 0. The Morgan fingerprint density at radius 2 is 1.53 bits per heavy atom. The molecular formula is C21H29F3N2O4. The molecule has 2 rings (SSSR count). The minimum atomic E-state index is -4.54. The third-order valence-electron chi connectivity index (χ3n) is 4.41. The molecule has 1 aromatic carbocycles. The van der Waals surface area contributed by atoms with Crippen LogP contribution in [-0.4, -0.2) is 41.4 Å². The standard InChI is InChI=1S/C21H29F3N2O4/c1-13-8-9-14(10-15(13)21(22,23)24)20(25-16(27)29-18(2,3)4)11-26(12-20)17(28)30-19(5,6)7/h8-10H,11-12H2,1-7H3,(H,25,27). The molecule has 1 heterocycles. The molecule has 0 radical (unpaired) electrons. The second-order valence-corrected chi connectivity index (χ2v) is 9.57. The number of likely N-dealkylation sites (tertiary alicyclic amines) is 1. The van der Waals surface area contributed by atoms with Crippen molar-refractivity contribution in [3.8, 4) is 0 Å². The first-order valence-corrected chi connectivity index (χ1v) is 9.59. The number of halogens is 3. The SMILES string of the molecule is Cc1ccc(C2(NC(=O)OC(C)(C)C)CN(C(=O)OC(C)(C)C)C2)cc1C(F)(F)F. The highest BCUT2D eigenvalue weighted by Gasteiger charge is 2.50. The number of hydrogen-bond acceptors (Lipinski definition) is 4. The summed E-state index contributed by atoms with van der Waals surface area (Å²) in [7, 11) is 0. The van der Waals surface area contributed by atoms with Crippen LogP contribution in [0.4, 0.5) is 22.8 Å². The van der Waals surface area contributed by atoms with E-state index in [1.165, 1.54) is 24.0 Å². The van der Waals surface area contributed by atoms with Gasteiger partial charge in [-0.05, 0) is 65.7 Å². The van der Waals surface area contributed by atoms with Crippen molar-refractivity contribution in [2.24, 2.45) is 0 Å². The molecular weight excluding hydrogens is 401 g/mol. The highest BCUT2D eigenvalue weighted by molar-refractivity contribution is 5.73. The van der Waals surface area contributed by atoms with Crippen molar-refractivity contribution >= 4 is 12.2 Å². The van der Waals surface area contributed by atoms with Gasteiger partial charge in [0.05, 0.1) is 18.7 Å². The first kappa shape index (κ1) is 23.8. The lowest BCUT2D eigenvalue weighted by Gasteiger charge is -2.50. The highest BCUT2D eigenvalue weighted by atomic mass is 19.4. The van der Waals surface area contributed by atoms with Crippen LogP contribution in [0.15, 0.2) is 18.2 Å². The molecule has 1 aliphatic heterocycles. The number of alkyl halides is 3. The minimum absolute atomic E-state index is 0.0402. The first-order chi connectivity index (χ1) is 13.4. The highest BCUT2D eigenvalue weighted by Crippen LogP contribution is 2.38. The van der Waals surface area contributed by atoms with Gasteiger partial charge in [0.2, 0.25) is 0 Å². The number of carbonyl (C=O) groups excluding carboxylic acids is 2. The predicted octanol–water partition coefficient (Wildman–Crippen LogP) is 4.98. The fraction of sp³-hybridized carbons (Fsp3) is 0.619. The molecule has 0 spiro atoms. The van der Waals surface area contributed by atoms with Crippen molar-refractivity contribution in [3.63, 3.8) is 0 Å². The van der Waals surface area contributed by atoms with Crippen LogP contribution in [0.25, 0.3) is 0 Å². The van der Waals surface area contributed by atoms with E-state index in [2.05, 4.69) is 5.32 Å². The molecule has 0 unspecified atom stereocenters. The second-order valence-electron chi connectivity index (χ2n) is 9.57. The number of carbonyl (C=O) groups is 2. The van der Waals surface area contributed by atoms with Crippen molar-refractivity contribution < 1.29 is 32.2 Å². The van der Waals surface area contributed by atoms with Gasteiger partial charge in [-0.2, -0.15) is 13.2 Å². The van der Waals surface area contributed by atoms with Gasteiger partial charge in [-0.15, -0.1) is 0 Å². The van der Waals surface area contributed by atoms with E-state index < -0.39 is 40.7 Å². The van der Waals surface area contributed by atoms with Gasteiger partial charge in [-0.1, -0.05) is 12.1 Å². The molecule has 0 saturated carbocycles. The number of rotatable bonds is 2. The quantitative estimate of drug-likeness (QED) is 0.718. The molecule has 6 nitrogen and oxygen atoms in total. The maximum atomic E-state index is 13.4. The molecule has 1 fully saturated rings. The normalized spacial score (nSPS) is 16.5. The van der Waals surface area contributed by atoms with Gasteiger partial charge in [0, 0.05) is 0 Å². The Labute approximate surface area is 174 Å². The van der Waals surface area contributed by atoms with Crippen LogP contribution in [0.1, 0.15) is 58.2 Å². The summed E-state index contributed by atoms with van der Waals surface area (Å²) in [5.74, 6) is 0. The van der Waals surface area contributed by atoms with Gasteiger partial charge in [-0.3, -0.25) is 0 Å². The van der Waals surface area contributed by atoms with Crippen LogP contribution >= 0.6 is 0 Å². The number of nitrogens with one attached hydrogen (secondary N) is 1. The third kappa shape index (κ3) is 5.79. The Morgan fingerprint density at radius 3 is 2.00 bits per heavy atom. The second kappa shape index (κ2) is 7.67. The summed E-state index contributed by atoms with van der Waals surface area (Å²) in [4.78, 5) is 26.1. The summed E-state index contributed by atoms with van der Waals surface area (Å²) in [5.41, 5.74) is -3.20. The van der Waals surface area contributed by atoms with Crippen LogP contribution < -0.4 is 5.32 Å². The van der Waals surface area contributed by atoms with E-state index in [4.69, 9.17) is 9.47 Å². The smallest absolute Gasteiger partial charge is 0.416 e. The number of hydrogen-bond donors (Lipinski definition) is 1. The van der Waals surface area contributed by atoms with Crippen LogP contribution in [0.2, 0.25) is 0 Å². The predicted molar refractivity (Wildman–Crippen MR) is 105 cm³/mol.